The molecule has 0 aliphatic rings. The molecule has 5 nitrogen and oxygen atoms in total. The molecule has 0 aliphatic heterocycles. The molecular weight excluding hydrogens is 262 g/mol. The van der Waals surface area contributed by atoms with Gasteiger partial charge in [0.1, 0.15) is 17.3 Å². The highest BCUT2D eigenvalue weighted by molar-refractivity contribution is 7.80. The van der Waals surface area contributed by atoms with Gasteiger partial charge in [-0.3, -0.25) is 9.69 Å². The average Bonchev–Trinajstić information content (AvgIpc) is 2.39. The van der Waals surface area contributed by atoms with E-state index in [1.54, 1.807) is 7.05 Å². The average molecular weight is 281 g/mol. The number of rotatable bonds is 7. The lowest BCUT2D eigenvalue weighted by Crippen LogP contribution is -2.35. The first-order valence-electron chi connectivity index (χ1n) is 5.94. The van der Waals surface area contributed by atoms with Gasteiger partial charge in [-0.15, -0.1) is 0 Å². The van der Waals surface area contributed by atoms with Crippen LogP contribution in [0.2, 0.25) is 0 Å². The Morgan fingerprint density at radius 2 is 2.05 bits per heavy atom. The van der Waals surface area contributed by atoms with Gasteiger partial charge in [0.25, 0.3) is 0 Å². The quantitative estimate of drug-likeness (QED) is 0.707. The molecule has 0 atom stereocenters. The molecular formula is C13H19N3O2S. The molecule has 0 heterocycles. The van der Waals surface area contributed by atoms with E-state index >= 15 is 0 Å². The van der Waals surface area contributed by atoms with Crippen molar-refractivity contribution in [2.75, 3.05) is 33.8 Å². The van der Waals surface area contributed by atoms with E-state index in [0.717, 1.165) is 11.3 Å². The van der Waals surface area contributed by atoms with E-state index in [-0.39, 0.29) is 5.91 Å². The second-order valence-electron chi connectivity index (χ2n) is 4.15. The third-order valence-electron chi connectivity index (χ3n) is 2.57. The Labute approximate surface area is 118 Å². The van der Waals surface area contributed by atoms with Gasteiger partial charge in [-0.25, -0.2) is 0 Å². The minimum Gasteiger partial charge on any atom is -0.492 e. The van der Waals surface area contributed by atoms with Crippen molar-refractivity contribution in [3.63, 3.8) is 0 Å². The normalized spacial score (nSPS) is 10.3. The highest BCUT2D eigenvalue weighted by Crippen LogP contribution is 2.11. The summed E-state index contributed by atoms with van der Waals surface area (Å²) in [6.07, 6.45) is 0. The van der Waals surface area contributed by atoms with Crippen LogP contribution in [0.5, 0.6) is 5.75 Å². The van der Waals surface area contributed by atoms with Gasteiger partial charge in [0.05, 0.1) is 6.54 Å². The number of nitrogens with two attached hydrogens (primary N) is 1. The fourth-order valence-corrected chi connectivity index (χ4v) is 1.57. The summed E-state index contributed by atoms with van der Waals surface area (Å²) in [5.74, 6) is 0.747. The zero-order chi connectivity index (χ0) is 14.3. The Kier molecular flexibility index (Phi) is 6.24. The van der Waals surface area contributed by atoms with Crippen molar-refractivity contribution in [3.8, 4) is 5.75 Å². The molecule has 0 radical (unpaired) electrons. The number of likely N-dealkylation sites (N-methyl/N-ethyl adjacent to an activating group) is 2. The van der Waals surface area contributed by atoms with Gasteiger partial charge in [0, 0.05) is 19.2 Å². The van der Waals surface area contributed by atoms with Crippen molar-refractivity contribution in [2.45, 2.75) is 0 Å². The first-order valence-corrected chi connectivity index (χ1v) is 6.35. The van der Waals surface area contributed by atoms with Gasteiger partial charge in [0.15, 0.2) is 0 Å². The third-order valence-corrected chi connectivity index (χ3v) is 2.81. The molecule has 0 saturated carbocycles. The van der Waals surface area contributed by atoms with Crippen molar-refractivity contribution in [2.24, 2.45) is 5.73 Å². The molecule has 1 amide bonds. The zero-order valence-electron chi connectivity index (χ0n) is 11.2. The molecule has 0 unspecified atom stereocenters. The van der Waals surface area contributed by atoms with Crippen LogP contribution >= 0.6 is 12.2 Å². The van der Waals surface area contributed by atoms with Crippen molar-refractivity contribution >= 4 is 23.1 Å². The van der Waals surface area contributed by atoms with Gasteiger partial charge in [-0.1, -0.05) is 12.2 Å². The van der Waals surface area contributed by atoms with E-state index in [1.165, 1.54) is 0 Å². The number of thiocarbonyl (C=S) groups is 1. The summed E-state index contributed by atoms with van der Waals surface area (Å²) in [4.78, 5) is 13.4. The van der Waals surface area contributed by atoms with Crippen LogP contribution in [0.1, 0.15) is 5.56 Å². The Balaban J connectivity index is 2.33. The van der Waals surface area contributed by atoms with Crippen LogP contribution < -0.4 is 15.8 Å². The molecule has 1 rings (SSSR count). The maximum atomic E-state index is 11.1. The molecule has 0 fully saturated rings. The lowest BCUT2D eigenvalue weighted by molar-refractivity contribution is -0.121. The maximum Gasteiger partial charge on any atom is 0.233 e. The summed E-state index contributed by atoms with van der Waals surface area (Å²) < 4.78 is 5.57. The minimum atomic E-state index is -0.0108. The number of hydrogen-bond donors (Lipinski definition) is 2. The summed E-state index contributed by atoms with van der Waals surface area (Å²) in [7, 11) is 3.49. The second kappa shape index (κ2) is 7.70. The molecule has 104 valence electrons. The summed E-state index contributed by atoms with van der Waals surface area (Å²) in [6, 6.07) is 7.30. The molecule has 0 bridgehead atoms. The van der Waals surface area contributed by atoms with E-state index in [1.807, 2.05) is 36.2 Å². The standard InChI is InChI=1S/C13H19N3O2S/c1-15-12(17)9-16(2)7-8-18-11-5-3-10(4-6-11)13(14)19/h3-6H,7-9H2,1-2H3,(H2,14,19)(H,15,17). The maximum absolute atomic E-state index is 11.1. The van der Waals surface area contributed by atoms with Crippen LogP contribution in [-0.4, -0.2) is 49.6 Å². The van der Waals surface area contributed by atoms with Gasteiger partial charge >= 0.3 is 0 Å². The first kappa shape index (κ1) is 15.4. The largest absolute Gasteiger partial charge is 0.492 e. The SMILES string of the molecule is CNC(=O)CN(C)CCOc1ccc(C(N)=S)cc1. The van der Waals surface area contributed by atoms with E-state index in [2.05, 4.69) is 5.32 Å². The predicted molar refractivity (Wildman–Crippen MR) is 79.4 cm³/mol. The van der Waals surface area contributed by atoms with E-state index in [0.29, 0.717) is 24.7 Å². The fraction of sp³-hybridized carbons (Fsp3) is 0.385. The van der Waals surface area contributed by atoms with Gasteiger partial charge in [-0.05, 0) is 31.3 Å². The summed E-state index contributed by atoms with van der Waals surface area (Å²) >= 11 is 4.87. The van der Waals surface area contributed by atoms with Crippen LogP contribution in [-0.2, 0) is 4.79 Å². The molecule has 1 aromatic carbocycles. The highest BCUT2D eigenvalue weighted by atomic mass is 32.1. The predicted octanol–water partition coefficient (Wildman–Crippen LogP) is 0.377. The second-order valence-corrected chi connectivity index (χ2v) is 4.59. The van der Waals surface area contributed by atoms with Crippen molar-refractivity contribution in [3.05, 3.63) is 29.8 Å². The van der Waals surface area contributed by atoms with Gasteiger partial charge in [-0.2, -0.15) is 0 Å². The smallest absolute Gasteiger partial charge is 0.233 e. The van der Waals surface area contributed by atoms with Crippen molar-refractivity contribution < 1.29 is 9.53 Å². The molecule has 0 aliphatic carbocycles. The molecule has 6 heteroatoms. The number of nitrogens with zero attached hydrogens (tertiary/aromatic N) is 1. The van der Waals surface area contributed by atoms with Crippen LogP contribution in [0.4, 0.5) is 0 Å². The number of carbonyl (C=O) groups is 1. The topological polar surface area (TPSA) is 67.6 Å². The van der Waals surface area contributed by atoms with Crippen molar-refractivity contribution in [1.82, 2.24) is 10.2 Å². The monoisotopic (exact) mass is 281 g/mol. The lowest BCUT2D eigenvalue weighted by Gasteiger charge is -2.15. The first-order chi connectivity index (χ1) is 9.02. The summed E-state index contributed by atoms with van der Waals surface area (Å²) in [6.45, 7) is 1.55. The number of benzene rings is 1. The van der Waals surface area contributed by atoms with Crippen LogP contribution in [0.15, 0.2) is 24.3 Å². The summed E-state index contributed by atoms with van der Waals surface area (Å²) in [5.41, 5.74) is 6.33. The van der Waals surface area contributed by atoms with Gasteiger partial charge in [0.2, 0.25) is 5.91 Å². The molecule has 1 aromatic rings. The van der Waals surface area contributed by atoms with Gasteiger partial charge < -0.3 is 15.8 Å². The fourth-order valence-electron chi connectivity index (χ4n) is 1.44. The third kappa shape index (κ3) is 5.67. The number of amides is 1. The Bertz CT molecular complexity index is 434. The number of nitrogens with one attached hydrogen (secondary N) is 1. The molecule has 3 N–H and O–H groups in total. The molecule has 0 aromatic heterocycles. The Morgan fingerprint density at radius 3 is 2.58 bits per heavy atom. The summed E-state index contributed by atoms with van der Waals surface area (Å²) in [5, 5.41) is 2.58. The van der Waals surface area contributed by atoms with E-state index < -0.39 is 0 Å². The minimum absolute atomic E-state index is 0.0108. The van der Waals surface area contributed by atoms with E-state index in [4.69, 9.17) is 22.7 Å². The molecule has 19 heavy (non-hydrogen) atoms. The Hall–Kier alpha value is -1.66. The van der Waals surface area contributed by atoms with Crippen LogP contribution in [0, 0.1) is 0 Å². The lowest BCUT2D eigenvalue weighted by atomic mass is 10.2. The zero-order valence-corrected chi connectivity index (χ0v) is 12.0. The molecule has 0 spiro atoms. The number of hydrogen-bond acceptors (Lipinski definition) is 4. The number of ether oxygens (including phenoxy) is 1. The van der Waals surface area contributed by atoms with Crippen molar-refractivity contribution in [1.29, 1.82) is 0 Å². The number of carbonyl (C=O) groups excluding carboxylic acids is 1. The molecule has 0 saturated heterocycles. The Morgan fingerprint density at radius 1 is 1.42 bits per heavy atom. The van der Waals surface area contributed by atoms with Crippen LogP contribution in [0.25, 0.3) is 0 Å². The highest BCUT2D eigenvalue weighted by Gasteiger charge is 2.04. The van der Waals surface area contributed by atoms with E-state index in [9.17, 15) is 4.79 Å². The van der Waals surface area contributed by atoms with Crippen LogP contribution in [0.3, 0.4) is 0 Å².